The molecule has 8 heteroatoms. The number of esters is 2. The highest BCUT2D eigenvalue weighted by Crippen LogP contribution is 2.28. The Hall–Kier alpha value is -3.39. The first-order valence-corrected chi connectivity index (χ1v) is 9.82. The van der Waals surface area contributed by atoms with Crippen molar-refractivity contribution in [3.63, 3.8) is 0 Å². The van der Waals surface area contributed by atoms with E-state index in [9.17, 15) is 14.4 Å². The second kappa shape index (κ2) is 9.70. The summed E-state index contributed by atoms with van der Waals surface area (Å²) in [7, 11) is 0. The summed E-state index contributed by atoms with van der Waals surface area (Å²) in [5.74, 6) is -1.14. The molecule has 2 aromatic rings. The van der Waals surface area contributed by atoms with Crippen LogP contribution >= 0.6 is 11.3 Å². The van der Waals surface area contributed by atoms with E-state index in [2.05, 4.69) is 10.6 Å². The molecule has 1 aromatic heterocycles. The van der Waals surface area contributed by atoms with Crippen molar-refractivity contribution in [2.24, 2.45) is 0 Å². The highest BCUT2D eigenvalue weighted by molar-refractivity contribution is 7.16. The maximum absolute atomic E-state index is 12.0. The molecular weight excluding hydrogens is 392 g/mol. The number of urea groups is 1. The van der Waals surface area contributed by atoms with E-state index in [1.807, 2.05) is 42.5 Å². The molecule has 1 aromatic carbocycles. The SMILES string of the molecule is CCOC(=O)C1=C(COC(=O)/C=C/c2ccc(-c3ccccc3)s2)NC(=O)NC1. The molecule has 0 unspecified atom stereocenters. The summed E-state index contributed by atoms with van der Waals surface area (Å²) in [6.45, 7) is 1.68. The van der Waals surface area contributed by atoms with Crippen LogP contribution in [0, 0.1) is 0 Å². The minimum atomic E-state index is -0.580. The molecule has 7 nitrogen and oxygen atoms in total. The molecule has 2 N–H and O–H groups in total. The van der Waals surface area contributed by atoms with E-state index in [0.29, 0.717) is 0 Å². The van der Waals surface area contributed by atoms with Crippen molar-refractivity contribution in [2.75, 3.05) is 19.8 Å². The van der Waals surface area contributed by atoms with Gasteiger partial charge in [-0.3, -0.25) is 0 Å². The van der Waals surface area contributed by atoms with Crippen molar-refractivity contribution < 1.29 is 23.9 Å². The van der Waals surface area contributed by atoms with Gasteiger partial charge in [-0.05, 0) is 30.7 Å². The third kappa shape index (κ3) is 5.55. The summed E-state index contributed by atoms with van der Waals surface area (Å²) in [6.07, 6.45) is 2.98. The van der Waals surface area contributed by atoms with Gasteiger partial charge >= 0.3 is 18.0 Å². The van der Waals surface area contributed by atoms with Crippen LogP contribution in [0.25, 0.3) is 16.5 Å². The second-order valence-corrected chi connectivity index (χ2v) is 7.11. The topological polar surface area (TPSA) is 93.7 Å². The van der Waals surface area contributed by atoms with E-state index in [1.165, 1.54) is 6.08 Å². The Kier molecular flexibility index (Phi) is 6.80. The van der Waals surface area contributed by atoms with Crippen molar-refractivity contribution >= 4 is 35.4 Å². The smallest absolute Gasteiger partial charge is 0.337 e. The number of rotatable bonds is 7. The molecule has 0 saturated heterocycles. The molecule has 0 fully saturated rings. The Morgan fingerprint density at radius 1 is 1.14 bits per heavy atom. The predicted molar refractivity (Wildman–Crippen MR) is 110 cm³/mol. The minimum Gasteiger partial charge on any atom is -0.463 e. The minimum absolute atomic E-state index is 0.0187. The van der Waals surface area contributed by atoms with E-state index in [-0.39, 0.29) is 31.0 Å². The Morgan fingerprint density at radius 3 is 2.69 bits per heavy atom. The van der Waals surface area contributed by atoms with Crippen LogP contribution in [0.4, 0.5) is 4.79 Å². The van der Waals surface area contributed by atoms with Crippen molar-refractivity contribution in [1.29, 1.82) is 0 Å². The molecule has 1 aliphatic rings. The van der Waals surface area contributed by atoms with Gasteiger partial charge in [0.1, 0.15) is 6.61 Å². The summed E-state index contributed by atoms with van der Waals surface area (Å²) in [5, 5.41) is 4.98. The van der Waals surface area contributed by atoms with Crippen LogP contribution in [0.3, 0.4) is 0 Å². The molecule has 1 aliphatic heterocycles. The lowest BCUT2D eigenvalue weighted by Gasteiger charge is -2.20. The van der Waals surface area contributed by atoms with Gasteiger partial charge in [0.25, 0.3) is 0 Å². The number of benzene rings is 1. The van der Waals surface area contributed by atoms with Gasteiger partial charge in [-0.15, -0.1) is 11.3 Å². The van der Waals surface area contributed by atoms with Crippen LogP contribution in [0.15, 0.2) is 59.8 Å². The molecule has 2 amide bonds. The van der Waals surface area contributed by atoms with Crippen molar-refractivity contribution in [2.45, 2.75) is 6.92 Å². The largest absolute Gasteiger partial charge is 0.463 e. The molecule has 0 radical (unpaired) electrons. The van der Waals surface area contributed by atoms with Crippen LogP contribution in [0.5, 0.6) is 0 Å². The average Bonchev–Trinajstić information content (AvgIpc) is 3.21. The van der Waals surface area contributed by atoms with Crippen LogP contribution in [0.1, 0.15) is 11.8 Å². The van der Waals surface area contributed by atoms with Crippen molar-refractivity contribution in [1.82, 2.24) is 10.6 Å². The Morgan fingerprint density at radius 2 is 1.93 bits per heavy atom. The first-order chi connectivity index (χ1) is 14.1. The number of carbonyl (C=O) groups is 3. The number of carbonyl (C=O) groups excluding carboxylic acids is 3. The maximum Gasteiger partial charge on any atom is 0.337 e. The zero-order chi connectivity index (χ0) is 20.6. The van der Waals surface area contributed by atoms with Crippen LogP contribution in [-0.4, -0.2) is 37.7 Å². The average molecular weight is 412 g/mol. The zero-order valence-electron chi connectivity index (χ0n) is 15.8. The summed E-state index contributed by atoms with van der Waals surface area (Å²) in [6, 6.07) is 13.4. The molecule has 0 aliphatic carbocycles. The molecular formula is C21H20N2O5S. The fraction of sp³-hybridized carbons (Fsp3) is 0.190. The van der Waals surface area contributed by atoms with Crippen LogP contribution in [0.2, 0.25) is 0 Å². The van der Waals surface area contributed by atoms with E-state index in [1.54, 1.807) is 24.3 Å². The number of thiophene rings is 1. The van der Waals surface area contributed by atoms with Crippen LogP contribution in [-0.2, 0) is 19.1 Å². The predicted octanol–water partition coefficient (Wildman–Crippen LogP) is 3.10. The first-order valence-electron chi connectivity index (χ1n) is 9.01. The zero-order valence-corrected chi connectivity index (χ0v) is 16.6. The van der Waals surface area contributed by atoms with E-state index in [0.717, 1.165) is 15.3 Å². The summed E-state index contributed by atoms with van der Waals surface area (Å²) < 4.78 is 10.1. The van der Waals surface area contributed by atoms with Crippen molar-refractivity contribution in [3.8, 4) is 10.4 Å². The highest BCUT2D eigenvalue weighted by atomic mass is 32.1. The third-order valence-corrected chi connectivity index (χ3v) is 5.10. The summed E-state index contributed by atoms with van der Waals surface area (Å²) in [4.78, 5) is 37.5. The van der Waals surface area contributed by atoms with Gasteiger partial charge in [0.2, 0.25) is 0 Å². The van der Waals surface area contributed by atoms with Gasteiger partial charge in [0, 0.05) is 15.8 Å². The Balaban J connectivity index is 1.61. The van der Waals surface area contributed by atoms with Gasteiger partial charge in [0.05, 0.1) is 24.4 Å². The molecule has 29 heavy (non-hydrogen) atoms. The summed E-state index contributed by atoms with van der Waals surface area (Å²) >= 11 is 1.55. The molecule has 2 heterocycles. The van der Waals surface area contributed by atoms with Gasteiger partial charge in [0.15, 0.2) is 0 Å². The monoisotopic (exact) mass is 412 g/mol. The normalized spacial score (nSPS) is 13.8. The van der Waals surface area contributed by atoms with Crippen LogP contribution < -0.4 is 10.6 Å². The fourth-order valence-corrected chi connectivity index (χ4v) is 3.53. The quantitative estimate of drug-likeness (QED) is 0.538. The molecule has 150 valence electrons. The Labute approximate surface area is 172 Å². The van der Waals surface area contributed by atoms with E-state index in [4.69, 9.17) is 9.47 Å². The Bertz CT molecular complexity index is 962. The number of amides is 2. The standard InChI is InChI=1S/C21H20N2O5S/c1-2-27-20(25)16-12-22-21(26)23-17(16)13-28-19(24)11-9-15-8-10-18(29-15)14-6-4-3-5-7-14/h3-11H,2,12-13H2,1H3,(H2,22,23,26)/b11-9+. The third-order valence-electron chi connectivity index (χ3n) is 4.00. The van der Waals surface area contributed by atoms with Gasteiger partial charge < -0.3 is 20.1 Å². The fourth-order valence-electron chi connectivity index (χ4n) is 2.61. The molecule has 0 atom stereocenters. The second-order valence-electron chi connectivity index (χ2n) is 5.99. The van der Waals surface area contributed by atoms with Gasteiger partial charge in [-0.1, -0.05) is 30.3 Å². The number of nitrogens with one attached hydrogen (secondary N) is 2. The molecule has 0 saturated carbocycles. The van der Waals surface area contributed by atoms with E-state index < -0.39 is 18.0 Å². The van der Waals surface area contributed by atoms with Gasteiger partial charge in [-0.25, -0.2) is 14.4 Å². The maximum atomic E-state index is 12.0. The number of hydrogen-bond donors (Lipinski definition) is 2. The summed E-state index contributed by atoms with van der Waals surface area (Å²) in [5.41, 5.74) is 1.56. The highest BCUT2D eigenvalue weighted by Gasteiger charge is 2.24. The van der Waals surface area contributed by atoms with Crippen molar-refractivity contribution in [3.05, 3.63) is 64.7 Å². The van der Waals surface area contributed by atoms with Gasteiger partial charge in [-0.2, -0.15) is 0 Å². The molecule has 0 bridgehead atoms. The van der Waals surface area contributed by atoms with E-state index >= 15 is 0 Å². The number of hydrogen-bond acceptors (Lipinski definition) is 6. The molecule has 0 spiro atoms. The first kappa shape index (κ1) is 20.3. The lowest BCUT2D eigenvalue weighted by Crippen LogP contribution is -2.45. The lowest BCUT2D eigenvalue weighted by atomic mass is 10.2. The number of ether oxygens (including phenoxy) is 2. The molecule has 3 rings (SSSR count). The lowest BCUT2D eigenvalue weighted by molar-refractivity contribution is -0.140.